The molecule has 2 N–H and O–H groups in total. The van der Waals surface area contributed by atoms with Gasteiger partial charge in [-0.25, -0.2) is 0 Å². The molecule has 0 bridgehead atoms. The Bertz CT molecular complexity index is 422. The molecule has 1 aliphatic rings. The number of hydrogen-bond acceptors (Lipinski definition) is 2. The number of nitrogens with zero attached hydrogens (tertiary/aromatic N) is 1. The molecule has 4 unspecified atom stereocenters. The molecule has 1 aromatic heterocycles. The predicted molar refractivity (Wildman–Crippen MR) is 76.9 cm³/mol. The largest absolute Gasteiger partial charge is 0.322 e. The van der Waals surface area contributed by atoms with E-state index in [1.165, 1.54) is 6.42 Å². The summed E-state index contributed by atoms with van der Waals surface area (Å²) in [7, 11) is 0. The number of pyridine rings is 1. The minimum absolute atomic E-state index is 0.0790. The lowest BCUT2D eigenvalue weighted by Gasteiger charge is -2.35. The molecule has 0 amide bonds. The minimum atomic E-state index is -0.0790. The van der Waals surface area contributed by atoms with E-state index in [1.807, 2.05) is 0 Å². The quantitative estimate of drug-likeness (QED) is 0.872. The van der Waals surface area contributed by atoms with Crippen LogP contribution < -0.4 is 5.73 Å². The van der Waals surface area contributed by atoms with Gasteiger partial charge in [0, 0.05) is 6.20 Å². The van der Waals surface area contributed by atoms with Gasteiger partial charge in [0.25, 0.3) is 0 Å². The summed E-state index contributed by atoms with van der Waals surface area (Å²) in [6.45, 7) is 4.63. The molecule has 0 spiro atoms. The third-order valence-electron chi connectivity index (χ3n) is 4.30. The van der Waals surface area contributed by atoms with Crippen molar-refractivity contribution < 1.29 is 0 Å². The van der Waals surface area contributed by atoms with Gasteiger partial charge in [0.2, 0.25) is 0 Å². The first-order valence-electron chi connectivity index (χ1n) is 6.55. The van der Waals surface area contributed by atoms with E-state index in [9.17, 15) is 0 Å². The number of hydrogen-bond donors (Lipinski definition) is 1. The van der Waals surface area contributed by atoms with Crippen LogP contribution >= 0.6 is 23.2 Å². The molecule has 0 radical (unpaired) electrons. The van der Waals surface area contributed by atoms with E-state index in [1.54, 1.807) is 12.3 Å². The van der Waals surface area contributed by atoms with Crippen LogP contribution in [-0.2, 0) is 0 Å². The summed E-state index contributed by atoms with van der Waals surface area (Å²) in [4.78, 5) is 4.31. The van der Waals surface area contributed by atoms with Crippen LogP contribution in [0.25, 0.3) is 0 Å². The average Bonchev–Trinajstić information content (AvgIpc) is 2.32. The number of nitrogens with two attached hydrogens (primary N) is 1. The standard InChI is InChI=1S/C14H20Cl2N2/c1-8-3-4-10(5-9(8)2)13(17)14-12(16)6-11(15)7-18-14/h6-10,13H,3-5,17H2,1-2H3. The van der Waals surface area contributed by atoms with Crippen LogP contribution in [0.15, 0.2) is 12.3 Å². The van der Waals surface area contributed by atoms with Gasteiger partial charge in [-0.05, 0) is 36.7 Å². The monoisotopic (exact) mass is 286 g/mol. The lowest BCUT2D eigenvalue weighted by Crippen LogP contribution is -2.30. The van der Waals surface area contributed by atoms with E-state index in [4.69, 9.17) is 28.9 Å². The van der Waals surface area contributed by atoms with Crippen molar-refractivity contribution in [3.05, 3.63) is 28.0 Å². The first-order chi connectivity index (χ1) is 8.49. The van der Waals surface area contributed by atoms with Gasteiger partial charge >= 0.3 is 0 Å². The SMILES string of the molecule is CC1CCC(C(N)c2ncc(Cl)cc2Cl)CC1C. The van der Waals surface area contributed by atoms with Crippen LogP contribution in [-0.4, -0.2) is 4.98 Å². The highest BCUT2D eigenvalue weighted by Gasteiger charge is 2.30. The van der Waals surface area contributed by atoms with Crippen LogP contribution in [0.4, 0.5) is 0 Å². The molecule has 4 heteroatoms. The van der Waals surface area contributed by atoms with Crippen LogP contribution in [0, 0.1) is 17.8 Å². The van der Waals surface area contributed by atoms with Gasteiger partial charge in [-0.1, -0.05) is 43.5 Å². The smallest absolute Gasteiger partial charge is 0.0760 e. The zero-order valence-corrected chi connectivity index (χ0v) is 12.4. The van der Waals surface area contributed by atoms with Crippen molar-refractivity contribution in [1.82, 2.24) is 4.98 Å². The molecule has 2 nitrogen and oxygen atoms in total. The Balaban J connectivity index is 2.13. The summed E-state index contributed by atoms with van der Waals surface area (Å²) in [6, 6.07) is 1.64. The van der Waals surface area contributed by atoms with Gasteiger partial charge in [-0.3, -0.25) is 4.98 Å². The van der Waals surface area contributed by atoms with Crippen LogP contribution in [0.1, 0.15) is 44.8 Å². The highest BCUT2D eigenvalue weighted by molar-refractivity contribution is 6.34. The fourth-order valence-electron chi connectivity index (χ4n) is 2.81. The molecule has 0 aromatic carbocycles. The number of halogens is 2. The maximum Gasteiger partial charge on any atom is 0.0760 e. The van der Waals surface area contributed by atoms with Gasteiger partial charge in [0.1, 0.15) is 0 Å². The normalized spacial score (nSPS) is 30.2. The Labute approximate surface area is 119 Å². The third-order valence-corrected chi connectivity index (χ3v) is 4.81. The second kappa shape index (κ2) is 5.77. The highest BCUT2D eigenvalue weighted by atomic mass is 35.5. The van der Waals surface area contributed by atoms with Crippen molar-refractivity contribution in [3.8, 4) is 0 Å². The fraction of sp³-hybridized carbons (Fsp3) is 0.643. The molecule has 1 aromatic rings. The van der Waals surface area contributed by atoms with Gasteiger partial charge in [0.15, 0.2) is 0 Å². The molecule has 0 aliphatic heterocycles. The molecular formula is C14H20Cl2N2. The first kappa shape index (κ1) is 14.1. The van der Waals surface area contributed by atoms with Crippen molar-refractivity contribution in [2.24, 2.45) is 23.5 Å². The molecule has 100 valence electrons. The maximum atomic E-state index is 6.34. The Kier molecular flexibility index (Phi) is 4.52. The van der Waals surface area contributed by atoms with Gasteiger partial charge in [0.05, 0.1) is 21.8 Å². The molecule has 1 saturated carbocycles. The molecule has 1 fully saturated rings. The molecule has 4 atom stereocenters. The van der Waals surface area contributed by atoms with E-state index in [0.29, 0.717) is 16.0 Å². The van der Waals surface area contributed by atoms with Crippen molar-refractivity contribution in [3.63, 3.8) is 0 Å². The fourth-order valence-corrected chi connectivity index (χ4v) is 3.32. The topological polar surface area (TPSA) is 38.9 Å². The van der Waals surface area contributed by atoms with Crippen LogP contribution in [0.2, 0.25) is 10.0 Å². The van der Waals surface area contributed by atoms with E-state index >= 15 is 0 Å². The molecule has 1 aliphatic carbocycles. The summed E-state index contributed by atoms with van der Waals surface area (Å²) >= 11 is 12.0. The van der Waals surface area contributed by atoms with Crippen molar-refractivity contribution in [1.29, 1.82) is 0 Å². The molecule has 2 rings (SSSR count). The lowest BCUT2D eigenvalue weighted by atomic mass is 9.73. The third kappa shape index (κ3) is 2.98. The summed E-state index contributed by atoms with van der Waals surface area (Å²) in [5, 5.41) is 1.14. The molecular weight excluding hydrogens is 267 g/mol. The highest BCUT2D eigenvalue weighted by Crippen LogP contribution is 2.39. The van der Waals surface area contributed by atoms with Crippen LogP contribution in [0.5, 0.6) is 0 Å². The summed E-state index contributed by atoms with van der Waals surface area (Å²) in [6.07, 6.45) is 5.18. The Morgan fingerprint density at radius 1 is 1.28 bits per heavy atom. The van der Waals surface area contributed by atoms with Gasteiger partial charge in [-0.15, -0.1) is 0 Å². The predicted octanol–water partition coefficient (Wildman–Crippen LogP) is 4.46. The molecule has 18 heavy (non-hydrogen) atoms. The maximum absolute atomic E-state index is 6.34. The Hall–Kier alpha value is -0.310. The second-order valence-corrected chi connectivity index (χ2v) is 6.42. The summed E-state index contributed by atoms with van der Waals surface area (Å²) in [5.74, 6) is 1.99. The van der Waals surface area contributed by atoms with Crippen molar-refractivity contribution in [2.75, 3.05) is 0 Å². The van der Waals surface area contributed by atoms with Crippen LogP contribution in [0.3, 0.4) is 0 Å². The number of rotatable bonds is 2. The van der Waals surface area contributed by atoms with E-state index in [2.05, 4.69) is 18.8 Å². The average molecular weight is 287 g/mol. The Morgan fingerprint density at radius 2 is 2.00 bits per heavy atom. The van der Waals surface area contributed by atoms with Crippen molar-refractivity contribution in [2.45, 2.75) is 39.2 Å². The Morgan fingerprint density at radius 3 is 2.61 bits per heavy atom. The first-order valence-corrected chi connectivity index (χ1v) is 7.31. The zero-order valence-electron chi connectivity index (χ0n) is 10.9. The minimum Gasteiger partial charge on any atom is -0.322 e. The summed E-state index contributed by atoms with van der Waals surface area (Å²) in [5.41, 5.74) is 7.12. The lowest BCUT2D eigenvalue weighted by molar-refractivity contribution is 0.184. The zero-order chi connectivity index (χ0) is 13.3. The summed E-state index contributed by atoms with van der Waals surface area (Å²) < 4.78 is 0. The van der Waals surface area contributed by atoms with Crippen molar-refractivity contribution >= 4 is 23.2 Å². The number of aromatic nitrogens is 1. The second-order valence-electron chi connectivity index (χ2n) is 5.57. The van der Waals surface area contributed by atoms with Gasteiger partial charge < -0.3 is 5.73 Å². The van der Waals surface area contributed by atoms with Gasteiger partial charge in [-0.2, -0.15) is 0 Å². The molecule has 0 saturated heterocycles. The van der Waals surface area contributed by atoms with E-state index in [0.717, 1.165) is 30.4 Å². The molecule has 1 heterocycles. The van der Waals surface area contributed by atoms with E-state index < -0.39 is 0 Å². The van der Waals surface area contributed by atoms with E-state index in [-0.39, 0.29) is 6.04 Å².